The van der Waals surface area contributed by atoms with E-state index >= 15 is 0 Å². The molecule has 8 nitrogen and oxygen atoms in total. The predicted molar refractivity (Wildman–Crippen MR) is 118 cm³/mol. The first-order valence-corrected chi connectivity index (χ1v) is 9.95. The van der Waals surface area contributed by atoms with Gasteiger partial charge in [0.15, 0.2) is 5.82 Å². The lowest BCUT2D eigenvalue weighted by Crippen LogP contribution is -2.19. The van der Waals surface area contributed by atoms with Crippen molar-refractivity contribution in [1.29, 1.82) is 0 Å². The summed E-state index contributed by atoms with van der Waals surface area (Å²) in [7, 11) is 0. The highest BCUT2D eigenvalue weighted by Gasteiger charge is 2.31. The number of rotatable bonds is 4. The molecular weight excluding hydrogens is 437 g/mol. The molecule has 172 valence electrons. The van der Waals surface area contributed by atoms with Crippen molar-refractivity contribution in [2.45, 2.75) is 32.5 Å². The maximum Gasteiger partial charge on any atom is 0.573 e. The van der Waals surface area contributed by atoms with Crippen LogP contribution in [0.2, 0.25) is 0 Å². The van der Waals surface area contributed by atoms with Crippen LogP contribution in [0.3, 0.4) is 0 Å². The summed E-state index contributed by atoms with van der Waals surface area (Å²) in [6.07, 6.45) is -3.26. The second kappa shape index (κ2) is 8.15. The zero-order valence-corrected chi connectivity index (χ0v) is 18.0. The normalized spacial score (nSPS) is 12.1. The van der Waals surface area contributed by atoms with Crippen LogP contribution in [-0.2, 0) is 5.41 Å². The van der Waals surface area contributed by atoms with Crippen LogP contribution in [0.1, 0.15) is 26.5 Å². The summed E-state index contributed by atoms with van der Waals surface area (Å²) in [6.45, 7) is 6.10. The Balaban J connectivity index is 1.44. The van der Waals surface area contributed by atoms with E-state index in [0.29, 0.717) is 22.5 Å². The van der Waals surface area contributed by atoms with Crippen molar-refractivity contribution in [1.82, 2.24) is 19.7 Å². The second-order valence-electron chi connectivity index (χ2n) is 8.36. The lowest BCUT2D eigenvalue weighted by Gasteiger charge is -2.14. The average Bonchev–Trinajstić information content (AvgIpc) is 3.34. The molecule has 0 fully saturated rings. The summed E-state index contributed by atoms with van der Waals surface area (Å²) in [5.41, 5.74) is 3.00. The molecular formula is C22H21F3N6O2. The number of hydrogen-bond acceptors (Lipinski definition) is 4. The van der Waals surface area contributed by atoms with Crippen molar-refractivity contribution in [3.8, 4) is 11.4 Å². The second-order valence-corrected chi connectivity index (χ2v) is 8.36. The Bertz CT molecular complexity index is 1290. The number of carbonyl (C=O) groups is 1. The van der Waals surface area contributed by atoms with Crippen molar-refractivity contribution >= 4 is 28.6 Å². The number of benzene rings is 2. The fraction of sp³-hybridized carbons (Fsp3) is 0.227. The lowest BCUT2D eigenvalue weighted by atomic mass is 9.92. The number of ether oxygens (including phenoxy) is 1. The van der Waals surface area contributed by atoms with Crippen LogP contribution in [0, 0.1) is 0 Å². The maximum absolute atomic E-state index is 12.4. The molecule has 0 aliphatic rings. The number of nitrogens with zero attached hydrogens (tertiary/aromatic N) is 3. The number of alkyl halides is 3. The van der Waals surface area contributed by atoms with Crippen LogP contribution in [0.15, 0.2) is 54.9 Å². The van der Waals surface area contributed by atoms with Gasteiger partial charge >= 0.3 is 12.4 Å². The van der Waals surface area contributed by atoms with Gasteiger partial charge < -0.3 is 10.1 Å². The summed E-state index contributed by atoms with van der Waals surface area (Å²) in [5, 5.41) is 12.4. The number of nitrogens with one attached hydrogen (secondary N) is 3. The topological polar surface area (TPSA) is 96.9 Å². The van der Waals surface area contributed by atoms with Gasteiger partial charge in [0.2, 0.25) is 0 Å². The third-order valence-electron chi connectivity index (χ3n) is 4.78. The Labute approximate surface area is 186 Å². The van der Waals surface area contributed by atoms with E-state index in [2.05, 4.69) is 30.6 Å². The van der Waals surface area contributed by atoms with Crippen LogP contribution < -0.4 is 15.4 Å². The third-order valence-corrected chi connectivity index (χ3v) is 4.78. The number of imidazole rings is 1. The fourth-order valence-electron chi connectivity index (χ4n) is 3.15. The molecule has 3 N–H and O–H groups in total. The molecule has 0 bridgehead atoms. The minimum Gasteiger partial charge on any atom is -0.406 e. The van der Waals surface area contributed by atoms with Crippen molar-refractivity contribution < 1.29 is 22.7 Å². The lowest BCUT2D eigenvalue weighted by molar-refractivity contribution is -0.274. The van der Waals surface area contributed by atoms with E-state index in [0.717, 1.165) is 11.4 Å². The van der Waals surface area contributed by atoms with E-state index in [1.807, 2.05) is 20.8 Å². The quantitative estimate of drug-likeness (QED) is 0.371. The molecule has 0 aliphatic carbocycles. The number of fused-ring (bicyclic) bond motifs is 1. The SMILES string of the molecule is CC(C)(C)c1cc(NC(=O)Nc2ccc(-n3cnc4cc(OC(F)(F)F)ccc43)cc2)n[nH]1. The zero-order chi connectivity index (χ0) is 23.8. The largest absolute Gasteiger partial charge is 0.573 e. The van der Waals surface area contributed by atoms with Crippen molar-refractivity contribution in [2.75, 3.05) is 10.6 Å². The van der Waals surface area contributed by atoms with Crippen LogP contribution in [0.5, 0.6) is 5.75 Å². The molecule has 2 aromatic carbocycles. The van der Waals surface area contributed by atoms with Gasteiger partial charge in [-0.3, -0.25) is 15.0 Å². The molecule has 4 aromatic rings. The molecule has 0 aliphatic heterocycles. The van der Waals surface area contributed by atoms with Crippen molar-refractivity contribution in [3.05, 3.63) is 60.6 Å². The first kappa shape index (κ1) is 22.2. The molecule has 0 saturated heterocycles. The number of halogens is 3. The number of urea groups is 1. The van der Waals surface area contributed by atoms with Gasteiger partial charge in [0.05, 0.1) is 11.0 Å². The summed E-state index contributed by atoms with van der Waals surface area (Å²) >= 11 is 0. The summed E-state index contributed by atoms with van der Waals surface area (Å²) in [6, 6.07) is 12.2. The molecule has 33 heavy (non-hydrogen) atoms. The van der Waals surface area contributed by atoms with E-state index in [-0.39, 0.29) is 11.2 Å². The van der Waals surface area contributed by atoms with E-state index in [4.69, 9.17) is 0 Å². The van der Waals surface area contributed by atoms with Crippen LogP contribution in [0.4, 0.5) is 29.5 Å². The van der Waals surface area contributed by atoms with E-state index < -0.39 is 12.4 Å². The van der Waals surface area contributed by atoms with Gasteiger partial charge in [0, 0.05) is 34.6 Å². The van der Waals surface area contributed by atoms with Gasteiger partial charge in [-0.2, -0.15) is 5.10 Å². The highest BCUT2D eigenvalue weighted by Crippen LogP contribution is 2.27. The van der Waals surface area contributed by atoms with E-state index in [9.17, 15) is 18.0 Å². The van der Waals surface area contributed by atoms with Gasteiger partial charge in [-0.1, -0.05) is 20.8 Å². The van der Waals surface area contributed by atoms with Crippen molar-refractivity contribution in [2.24, 2.45) is 0 Å². The molecule has 0 radical (unpaired) electrons. The van der Waals surface area contributed by atoms with Crippen LogP contribution in [-0.4, -0.2) is 32.1 Å². The Morgan fingerprint density at radius 3 is 2.39 bits per heavy atom. The van der Waals surface area contributed by atoms with E-state index in [1.165, 1.54) is 24.5 Å². The van der Waals surface area contributed by atoms with Crippen molar-refractivity contribution in [3.63, 3.8) is 0 Å². The van der Waals surface area contributed by atoms with Gasteiger partial charge in [-0.05, 0) is 36.4 Å². The molecule has 11 heteroatoms. The Hall–Kier alpha value is -4.02. The molecule has 0 saturated carbocycles. The Kier molecular flexibility index (Phi) is 5.48. The molecule has 0 unspecified atom stereocenters. The first-order valence-electron chi connectivity index (χ1n) is 9.95. The smallest absolute Gasteiger partial charge is 0.406 e. The highest BCUT2D eigenvalue weighted by atomic mass is 19.4. The van der Waals surface area contributed by atoms with Gasteiger partial charge in [0.1, 0.15) is 12.1 Å². The number of amides is 2. The van der Waals surface area contributed by atoms with Gasteiger partial charge in [-0.15, -0.1) is 13.2 Å². The fourth-order valence-corrected chi connectivity index (χ4v) is 3.15. The number of hydrogen-bond donors (Lipinski definition) is 3. The summed E-state index contributed by atoms with van der Waals surface area (Å²) in [5.74, 6) is 0.0742. The number of anilines is 2. The zero-order valence-electron chi connectivity index (χ0n) is 18.0. The van der Waals surface area contributed by atoms with Crippen LogP contribution >= 0.6 is 0 Å². The van der Waals surface area contributed by atoms with E-state index in [1.54, 1.807) is 34.9 Å². The molecule has 4 rings (SSSR count). The average molecular weight is 458 g/mol. The minimum absolute atomic E-state index is 0.121. The number of aromatic nitrogens is 4. The molecule has 2 heterocycles. The molecule has 2 aromatic heterocycles. The first-order chi connectivity index (χ1) is 15.5. The Morgan fingerprint density at radius 2 is 1.76 bits per heavy atom. The van der Waals surface area contributed by atoms with Gasteiger partial charge in [-0.25, -0.2) is 9.78 Å². The summed E-state index contributed by atoms with van der Waals surface area (Å²) < 4.78 is 42.9. The maximum atomic E-state index is 12.4. The summed E-state index contributed by atoms with van der Waals surface area (Å²) in [4.78, 5) is 16.4. The Morgan fingerprint density at radius 1 is 1.03 bits per heavy atom. The standard InChI is InChI=1S/C22H21F3N6O2/c1-21(2,3)18-11-19(30-29-18)28-20(32)27-13-4-6-14(7-5-13)31-12-26-16-10-15(8-9-17(16)31)33-22(23,24)25/h4-12H,1-3H3,(H3,27,28,29,30,32). The molecule has 0 atom stereocenters. The molecule has 2 amide bonds. The highest BCUT2D eigenvalue weighted by molar-refractivity contribution is 5.99. The molecule has 0 spiro atoms. The monoisotopic (exact) mass is 458 g/mol. The van der Waals surface area contributed by atoms with Crippen LogP contribution in [0.25, 0.3) is 16.7 Å². The number of H-pyrrole nitrogens is 1. The third kappa shape index (κ3) is 5.25. The number of aromatic amines is 1. The van der Waals surface area contributed by atoms with Gasteiger partial charge in [0.25, 0.3) is 0 Å². The minimum atomic E-state index is -4.77. The number of carbonyl (C=O) groups excluding carboxylic acids is 1. The predicted octanol–water partition coefficient (Wildman–Crippen LogP) is 5.59.